The van der Waals surface area contributed by atoms with Gasteiger partial charge in [-0.05, 0) is 35.8 Å². The Kier molecular flexibility index (Phi) is 8.97. The predicted molar refractivity (Wildman–Crippen MR) is 148 cm³/mol. The highest BCUT2D eigenvalue weighted by molar-refractivity contribution is 6.32. The van der Waals surface area contributed by atoms with Crippen molar-refractivity contribution in [1.29, 1.82) is 0 Å². The molecule has 1 N–H and O–H groups in total. The Labute approximate surface area is 250 Å². The van der Waals surface area contributed by atoms with Gasteiger partial charge < -0.3 is 28.3 Å². The molecular weight excluding hydrogens is 584 g/mol. The first-order valence-electron chi connectivity index (χ1n) is 13.3. The van der Waals surface area contributed by atoms with Gasteiger partial charge in [0, 0.05) is 18.5 Å². The Morgan fingerprint density at radius 2 is 1.84 bits per heavy atom. The van der Waals surface area contributed by atoms with Crippen molar-refractivity contribution in [2.24, 2.45) is 0 Å². The summed E-state index contributed by atoms with van der Waals surface area (Å²) in [5, 5.41) is 14.0. The van der Waals surface area contributed by atoms with Crippen LogP contribution in [0.5, 0.6) is 0 Å². The fourth-order valence-electron chi connectivity index (χ4n) is 4.37. The number of carbonyl (C=O) groups is 3. The molecule has 0 spiro atoms. The van der Waals surface area contributed by atoms with Crippen LogP contribution < -0.4 is 0 Å². The molecule has 0 aliphatic carbocycles. The first-order chi connectivity index (χ1) is 20.7. The Bertz CT molecular complexity index is 1610. The van der Waals surface area contributed by atoms with Gasteiger partial charge in [0.05, 0.1) is 6.10 Å². The van der Waals surface area contributed by atoms with Gasteiger partial charge in [-0.15, -0.1) is 10.2 Å². The third-order valence-corrected chi connectivity index (χ3v) is 6.55. The van der Waals surface area contributed by atoms with E-state index in [1.54, 1.807) is 20.8 Å². The minimum absolute atomic E-state index is 0.0598. The molecule has 0 saturated carbocycles. The molecule has 5 rings (SSSR count). The van der Waals surface area contributed by atoms with Crippen LogP contribution in [0.15, 0.2) is 48.5 Å². The second kappa shape index (κ2) is 13.0. The van der Waals surface area contributed by atoms with E-state index in [2.05, 4.69) is 25.6 Å². The lowest BCUT2D eigenvalue weighted by Gasteiger charge is -2.15. The monoisotopic (exact) mass is 610 g/mol. The quantitative estimate of drug-likeness (QED) is 0.152. The lowest BCUT2D eigenvalue weighted by atomic mass is 9.98. The van der Waals surface area contributed by atoms with Crippen molar-refractivity contribution < 1.29 is 38.1 Å². The minimum atomic E-state index is -1.22. The number of imidazole rings is 1. The predicted octanol–water partition coefficient (Wildman–Crippen LogP) is 4.46. The Morgan fingerprint density at radius 3 is 2.49 bits per heavy atom. The topological polar surface area (TPSA) is 170 Å². The SMILES string of the molecule is CCC1OC(=O)C(c2nc(Cl)c(C(=O)OCOC(=O)OC(C)C)n2Cc2ccc(-c3ccccc3-c3nn[nH]n3)cc2)O1. The summed E-state index contributed by atoms with van der Waals surface area (Å²) in [6.45, 7) is 4.42. The van der Waals surface area contributed by atoms with Crippen molar-refractivity contribution in [2.75, 3.05) is 6.79 Å². The van der Waals surface area contributed by atoms with Crippen molar-refractivity contribution in [3.63, 3.8) is 0 Å². The van der Waals surface area contributed by atoms with Crippen molar-refractivity contribution in [3.05, 3.63) is 70.8 Å². The molecule has 4 aromatic rings. The number of nitrogens with one attached hydrogen (secondary N) is 1. The minimum Gasteiger partial charge on any atom is -0.433 e. The third kappa shape index (κ3) is 6.65. The molecule has 1 saturated heterocycles. The fraction of sp³-hybridized carbons (Fsp3) is 0.321. The molecule has 0 bridgehead atoms. The van der Waals surface area contributed by atoms with Gasteiger partial charge in [-0.25, -0.2) is 19.4 Å². The first-order valence-corrected chi connectivity index (χ1v) is 13.7. The fourth-order valence-corrected chi connectivity index (χ4v) is 4.64. The molecule has 1 aliphatic heterocycles. The van der Waals surface area contributed by atoms with E-state index in [4.69, 9.17) is 35.3 Å². The van der Waals surface area contributed by atoms with Crippen molar-refractivity contribution in [1.82, 2.24) is 30.2 Å². The van der Waals surface area contributed by atoms with Gasteiger partial charge in [0.1, 0.15) is 0 Å². The number of tetrazole rings is 1. The Morgan fingerprint density at radius 1 is 1.09 bits per heavy atom. The molecule has 2 atom stereocenters. The van der Waals surface area contributed by atoms with Crippen LogP contribution in [-0.2, 0) is 35.0 Å². The van der Waals surface area contributed by atoms with Crippen LogP contribution in [-0.4, -0.2) is 67.5 Å². The van der Waals surface area contributed by atoms with Crippen LogP contribution in [0.4, 0.5) is 4.79 Å². The Hall–Kier alpha value is -4.82. The zero-order valence-electron chi connectivity index (χ0n) is 23.4. The normalized spacial score (nSPS) is 16.3. The summed E-state index contributed by atoms with van der Waals surface area (Å²) < 4.78 is 27.2. The maximum atomic E-state index is 13.1. The van der Waals surface area contributed by atoms with Crippen LogP contribution >= 0.6 is 11.6 Å². The Balaban J connectivity index is 1.43. The number of cyclic esters (lactones) is 1. The van der Waals surface area contributed by atoms with Crippen LogP contribution in [0.1, 0.15) is 55.2 Å². The number of halogens is 1. The van der Waals surface area contributed by atoms with Gasteiger partial charge in [-0.1, -0.05) is 67.1 Å². The van der Waals surface area contributed by atoms with E-state index in [0.29, 0.717) is 12.2 Å². The van der Waals surface area contributed by atoms with E-state index in [-0.39, 0.29) is 23.2 Å². The zero-order chi connectivity index (χ0) is 30.5. The molecule has 14 nitrogen and oxygen atoms in total. The highest BCUT2D eigenvalue weighted by Gasteiger charge is 2.41. The van der Waals surface area contributed by atoms with E-state index < -0.39 is 43.4 Å². The standard InChI is InChI=1S/C28H27ClN6O8/c1-4-20-42-22(27(37)43-20)25-30-23(29)21(26(36)39-14-40-28(38)41-15(2)3)35(25)13-16-9-11-17(12-10-16)18-7-5-6-8-19(18)24-31-33-34-32-24/h5-12,15,20,22H,4,13-14H2,1-3H3,(H,31,32,33,34). The highest BCUT2D eigenvalue weighted by atomic mass is 35.5. The van der Waals surface area contributed by atoms with Gasteiger partial charge in [-0.3, -0.25) is 0 Å². The second-order valence-electron chi connectivity index (χ2n) is 9.57. The number of H-pyrrole nitrogens is 1. The van der Waals surface area contributed by atoms with Crippen LogP contribution in [0.3, 0.4) is 0 Å². The van der Waals surface area contributed by atoms with E-state index in [0.717, 1.165) is 22.3 Å². The number of esters is 2. The van der Waals surface area contributed by atoms with E-state index in [9.17, 15) is 14.4 Å². The van der Waals surface area contributed by atoms with Crippen LogP contribution in [0.2, 0.25) is 5.15 Å². The average Bonchev–Trinajstić information content (AvgIpc) is 3.72. The van der Waals surface area contributed by atoms with Gasteiger partial charge in [0.25, 0.3) is 0 Å². The van der Waals surface area contributed by atoms with E-state index in [1.807, 2.05) is 48.5 Å². The summed E-state index contributed by atoms with van der Waals surface area (Å²) in [6, 6.07) is 15.1. The molecule has 0 amide bonds. The number of nitrogens with zero attached hydrogens (tertiary/aromatic N) is 5. The molecule has 2 unspecified atom stereocenters. The number of carbonyl (C=O) groups excluding carboxylic acids is 3. The number of hydrogen-bond donors (Lipinski definition) is 1. The molecular formula is C28H27ClN6O8. The molecule has 2 aromatic carbocycles. The molecule has 15 heteroatoms. The maximum Gasteiger partial charge on any atom is 0.511 e. The van der Waals surface area contributed by atoms with Crippen LogP contribution in [0, 0.1) is 0 Å². The summed E-state index contributed by atoms with van der Waals surface area (Å²) in [5.41, 5.74) is 3.13. The summed E-state index contributed by atoms with van der Waals surface area (Å²) in [7, 11) is 0. The molecule has 1 aliphatic rings. The van der Waals surface area contributed by atoms with Crippen molar-refractivity contribution >= 4 is 29.7 Å². The number of hydrogen-bond acceptors (Lipinski definition) is 12. The van der Waals surface area contributed by atoms with Gasteiger partial charge in [0.2, 0.25) is 25.0 Å². The van der Waals surface area contributed by atoms with Gasteiger partial charge in [-0.2, -0.15) is 5.21 Å². The number of ether oxygens (including phenoxy) is 5. The molecule has 0 radical (unpaired) electrons. The van der Waals surface area contributed by atoms with Crippen molar-refractivity contribution in [2.45, 2.75) is 52.2 Å². The smallest absolute Gasteiger partial charge is 0.433 e. The maximum absolute atomic E-state index is 13.1. The largest absolute Gasteiger partial charge is 0.511 e. The lowest BCUT2D eigenvalue weighted by Crippen LogP contribution is -2.21. The molecule has 3 heterocycles. The van der Waals surface area contributed by atoms with E-state index in [1.165, 1.54) is 4.57 Å². The number of rotatable bonds is 10. The zero-order valence-corrected chi connectivity index (χ0v) is 24.1. The number of benzene rings is 2. The van der Waals surface area contributed by atoms with Gasteiger partial charge in [0.15, 0.2) is 16.7 Å². The molecule has 224 valence electrons. The lowest BCUT2D eigenvalue weighted by molar-refractivity contribution is -0.143. The summed E-state index contributed by atoms with van der Waals surface area (Å²) >= 11 is 6.40. The third-order valence-electron chi connectivity index (χ3n) is 6.28. The second-order valence-corrected chi connectivity index (χ2v) is 9.93. The highest BCUT2D eigenvalue weighted by Crippen LogP contribution is 2.33. The molecule has 1 fully saturated rings. The first kappa shape index (κ1) is 29.7. The molecule has 43 heavy (non-hydrogen) atoms. The number of aromatic nitrogens is 6. The summed E-state index contributed by atoms with van der Waals surface area (Å²) in [5.74, 6) is -1.09. The number of aromatic amines is 1. The van der Waals surface area contributed by atoms with Crippen molar-refractivity contribution in [3.8, 4) is 22.5 Å². The van der Waals surface area contributed by atoms with E-state index >= 15 is 0 Å². The van der Waals surface area contributed by atoms with Gasteiger partial charge >= 0.3 is 18.1 Å². The summed E-state index contributed by atoms with van der Waals surface area (Å²) in [6.07, 6.45) is -2.99. The average molecular weight is 611 g/mol. The molecule has 2 aromatic heterocycles. The van der Waals surface area contributed by atoms with Crippen LogP contribution in [0.25, 0.3) is 22.5 Å². The summed E-state index contributed by atoms with van der Waals surface area (Å²) in [4.78, 5) is 41.7.